The molecule has 0 rings (SSSR count). The highest BCUT2D eigenvalue weighted by atomic mass is 19.4. The fraction of sp³-hybridized carbons (Fsp3) is 1.00. The summed E-state index contributed by atoms with van der Waals surface area (Å²) in [6, 6.07) is 0. The van der Waals surface area contributed by atoms with Crippen molar-refractivity contribution < 1.29 is 17.9 Å². The Morgan fingerprint density at radius 1 is 1.06 bits per heavy atom. The van der Waals surface area contributed by atoms with E-state index in [4.69, 9.17) is 10.5 Å². The van der Waals surface area contributed by atoms with Crippen molar-refractivity contribution in [1.82, 2.24) is 0 Å². The molecule has 0 saturated heterocycles. The van der Waals surface area contributed by atoms with E-state index in [1.807, 2.05) is 0 Å². The van der Waals surface area contributed by atoms with Crippen LogP contribution in [0.3, 0.4) is 0 Å². The summed E-state index contributed by atoms with van der Waals surface area (Å²) in [5.41, 5.74) is 4.99. The molecular weight excluding hydrogens is 219 g/mol. The Labute approximate surface area is 95.3 Å². The van der Waals surface area contributed by atoms with Crippen molar-refractivity contribution in [3.8, 4) is 0 Å². The molecule has 98 valence electrons. The second-order valence-corrected chi connectivity index (χ2v) is 3.90. The molecule has 2 nitrogen and oxygen atoms in total. The van der Waals surface area contributed by atoms with Crippen LogP contribution in [0.1, 0.15) is 45.4 Å². The number of hydrogen-bond acceptors (Lipinski definition) is 2. The molecular formula is C11H22F3NO. The lowest BCUT2D eigenvalue weighted by Gasteiger charge is -2.18. The molecule has 0 aliphatic heterocycles. The number of hydrogen-bond donors (Lipinski definition) is 1. The van der Waals surface area contributed by atoms with Gasteiger partial charge in [-0.2, -0.15) is 13.2 Å². The van der Waals surface area contributed by atoms with Crippen LogP contribution in [0, 0.1) is 0 Å². The average Bonchev–Trinajstić information content (AvgIpc) is 2.20. The van der Waals surface area contributed by atoms with Gasteiger partial charge < -0.3 is 10.5 Å². The van der Waals surface area contributed by atoms with Gasteiger partial charge in [0.1, 0.15) is 0 Å². The average molecular weight is 241 g/mol. The molecule has 0 fully saturated rings. The monoisotopic (exact) mass is 241 g/mol. The van der Waals surface area contributed by atoms with Crippen LogP contribution in [0.5, 0.6) is 0 Å². The van der Waals surface area contributed by atoms with E-state index in [9.17, 15) is 13.2 Å². The van der Waals surface area contributed by atoms with E-state index in [0.717, 1.165) is 19.3 Å². The van der Waals surface area contributed by atoms with Crippen LogP contribution in [0.2, 0.25) is 0 Å². The normalized spacial score (nSPS) is 14.1. The third kappa shape index (κ3) is 7.93. The molecule has 0 aliphatic rings. The largest absolute Gasteiger partial charge is 0.415 e. The maximum absolute atomic E-state index is 12.2. The molecule has 0 aromatic carbocycles. The number of nitrogens with two attached hydrogens (primary N) is 1. The van der Waals surface area contributed by atoms with E-state index >= 15 is 0 Å². The second-order valence-electron chi connectivity index (χ2n) is 3.90. The van der Waals surface area contributed by atoms with Crippen molar-refractivity contribution in [2.45, 2.75) is 57.7 Å². The molecule has 0 aromatic heterocycles. The van der Waals surface area contributed by atoms with Gasteiger partial charge in [0.05, 0.1) is 0 Å². The molecule has 0 amide bonds. The third-order valence-electron chi connectivity index (χ3n) is 2.40. The fourth-order valence-corrected chi connectivity index (χ4v) is 1.40. The summed E-state index contributed by atoms with van der Waals surface area (Å²) in [6.07, 6.45) is 0.0343. The van der Waals surface area contributed by atoms with Gasteiger partial charge in [-0.25, -0.2) is 0 Å². The Morgan fingerprint density at radius 3 is 2.12 bits per heavy atom. The summed E-state index contributed by atoms with van der Waals surface area (Å²) < 4.78 is 41.3. The van der Waals surface area contributed by atoms with Gasteiger partial charge in [0, 0.05) is 13.2 Å². The Kier molecular flexibility index (Phi) is 8.66. The topological polar surface area (TPSA) is 35.2 Å². The zero-order valence-electron chi connectivity index (χ0n) is 9.85. The number of unbranched alkanes of at least 4 members (excludes halogenated alkanes) is 5. The van der Waals surface area contributed by atoms with Crippen LogP contribution in [0.4, 0.5) is 13.2 Å². The lowest BCUT2D eigenvalue weighted by Crippen LogP contribution is -2.38. The van der Waals surface area contributed by atoms with E-state index < -0.39 is 18.8 Å². The lowest BCUT2D eigenvalue weighted by molar-refractivity contribution is -0.216. The first-order valence-corrected chi connectivity index (χ1v) is 5.90. The predicted molar refractivity (Wildman–Crippen MR) is 58.2 cm³/mol. The summed E-state index contributed by atoms with van der Waals surface area (Å²) in [7, 11) is 0. The van der Waals surface area contributed by atoms with Crippen LogP contribution in [-0.2, 0) is 4.74 Å². The van der Waals surface area contributed by atoms with Gasteiger partial charge in [0.25, 0.3) is 0 Å². The zero-order chi connectivity index (χ0) is 12.4. The number of rotatable bonds is 9. The van der Waals surface area contributed by atoms with Gasteiger partial charge in [0.15, 0.2) is 6.10 Å². The van der Waals surface area contributed by atoms with Crippen LogP contribution in [0.25, 0.3) is 0 Å². The first-order valence-electron chi connectivity index (χ1n) is 5.90. The summed E-state index contributed by atoms with van der Waals surface area (Å²) in [5, 5.41) is 0. The third-order valence-corrected chi connectivity index (χ3v) is 2.40. The van der Waals surface area contributed by atoms with Crippen LogP contribution < -0.4 is 5.73 Å². The lowest BCUT2D eigenvalue weighted by atomic mass is 10.1. The summed E-state index contributed by atoms with van der Waals surface area (Å²) >= 11 is 0. The van der Waals surface area contributed by atoms with Crippen LogP contribution >= 0.6 is 0 Å². The summed E-state index contributed by atoms with van der Waals surface area (Å²) in [6.45, 7) is 1.77. The molecule has 0 bridgehead atoms. The molecule has 0 radical (unpaired) electrons. The van der Waals surface area contributed by atoms with E-state index in [1.165, 1.54) is 12.8 Å². The highest BCUT2D eigenvalue weighted by molar-refractivity contribution is 4.67. The molecule has 0 saturated carbocycles. The van der Waals surface area contributed by atoms with E-state index in [2.05, 4.69) is 6.92 Å². The van der Waals surface area contributed by atoms with E-state index in [0.29, 0.717) is 6.42 Å². The SMILES string of the molecule is CCCCCCCCOC(CN)C(F)(F)F. The van der Waals surface area contributed by atoms with Crippen molar-refractivity contribution in [3.63, 3.8) is 0 Å². The van der Waals surface area contributed by atoms with Gasteiger partial charge >= 0.3 is 6.18 Å². The van der Waals surface area contributed by atoms with Gasteiger partial charge in [-0.05, 0) is 6.42 Å². The first-order chi connectivity index (χ1) is 7.52. The molecule has 2 N–H and O–H groups in total. The van der Waals surface area contributed by atoms with Crippen molar-refractivity contribution in [3.05, 3.63) is 0 Å². The minimum atomic E-state index is -4.34. The maximum atomic E-state index is 12.2. The van der Waals surface area contributed by atoms with Crippen molar-refractivity contribution in [1.29, 1.82) is 0 Å². The molecule has 0 heterocycles. The predicted octanol–water partition coefficient (Wildman–Crippen LogP) is 3.25. The Bertz CT molecular complexity index is 162. The minimum absolute atomic E-state index is 0.146. The highest BCUT2D eigenvalue weighted by Crippen LogP contribution is 2.22. The summed E-state index contributed by atoms with van der Waals surface area (Å²) in [4.78, 5) is 0. The van der Waals surface area contributed by atoms with Crippen molar-refractivity contribution >= 4 is 0 Å². The fourth-order valence-electron chi connectivity index (χ4n) is 1.40. The Balaban J connectivity index is 3.42. The Morgan fingerprint density at radius 2 is 1.62 bits per heavy atom. The van der Waals surface area contributed by atoms with Gasteiger partial charge in [-0.3, -0.25) is 0 Å². The molecule has 0 aliphatic carbocycles. The molecule has 1 unspecified atom stereocenters. The van der Waals surface area contributed by atoms with Crippen LogP contribution in [-0.4, -0.2) is 25.4 Å². The van der Waals surface area contributed by atoms with Gasteiger partial charge in [0.2, 0.25) is 0 Å². The van der Waals surface area contributed by atoms with Crippen molar-refractivity contribution in [2.24, 2.45) is 5.73 Å². The number of halogens is 3. The quantitative estimate of drug-likeness (QED) is 0.629. The van der Waals surface area contributed by atoms with E-state index in [-0.39, 0.29) is 6.61 Å². The minimum Gasteiger partial charge on any atom is -0.367 e. The first kappa shape index (κ1) is 15.7. The van der Waals surface area contributed by atoms with Crippen LogP contribution in [0.15, 0.2) is 0 Å². The van der Waals surface area contributed by atoms with Gasteiger partial charge in [-0.15, -0.1) is 0 Å². The smallest absolute Gasteiger partial charge is 0.367 e. The number of alkyl halides is 3. The van der Waals surface area contributed by atoms with E-state index in [1.54, 1.807) is 0 Å². The molecule has 0 spiro atoms. The molecule has 1 atom stereocenters. The highest BCUT2D eigenvalue weighted by Gasteiger charge is 2.39. The molecule has 5 heteroatoms. The maximum Gasteiger partial charge on any atom is 0.415 e. The second kappa shape index (κ2) is 8.82. The molecule has 0 aromatic rings. The standard InChI is InChI=1S/C11H22F3NO/c1-2-3-4-5-6-7-8-16-10(9-15)11(12,13)14/h10H,2-9,15H2,1H3. The Hall–Kier alpha value is -0.290. The number of ether oxygens (including phenoxy) is 1. The zero-order valence-corrected chi connectivity index (χ0v) is 9.85. The summed E-state index contributed by atoms with van der Waals surface area (Å²) in [5.74, 6) is 0. The van der Waals surface area contributed by atoms with Gasteiger partial charge in [-0.1, -0.05) is 39.0 Å². The molecule has 16 heavy (non-hydrogen) atoms. The van der Waals surface area contributed by atoms with Crippen molar-refractivity contribution in [2.75, 3.05) is 13.2 Å².